The highest BCUT2D eigenvalue weighted by Crippen LogP contribution is 2.41. The van der Waals surface area contributed by atoms with Crippen molar-refractivity contribution in [3.63, 3.8) is 0 Å². The van der Waals surface area contributed by atoms with Gasteiger partial charge in [-0.1, -0.05) is 68.4 Å². The number of nitrogens with one attached hydrogen (secondary N) is 2. The highest BCUT2D eigenvalue weighted by Gasteiger charge is 2.39. The number of carbonyl (C=O) groups excluding carboxylic acids is 1. The summed E-state index contributed by atoms with van der Waals surface area (Å²) in [5.41, 5.74) is 3.74. The number of aryl methyl sites for hydroxylation is 1. The van der Waals surface area contributed by atoms with E-state index in [9.17, 15) is 9.90 Å². The topological polar surface area (TPSA) is 79.2 Å². The van der Waals surface area contributed by atoms with Gasteiger partial charge in [0.15, 0.2) is 0 Å². The summed E-state index contributed by atoms with van der Waals surface area (Å²) in [5, 5.41) is 21.0. The molecular formula is C23H26N4O2. The maximum absolute atomic E-state index is 12.7. The Kier molecular flexibility index (Phi) is 4.88. The minimum atomic E-state index is -0.655. The molecule has 0 bridgehead atoms. The van der Waals surface area contributed by atoms with Gasteiger partial charge in [-0.15, -0.1) is 0 Å². The van der Waals surface area contributed by atoms with Gasteiger partial charge in [0, 0.05) is 18.7 Å². The molecule has 0 aliphatic heterocycles. The lowest BCUT2D eigenvalue weighted by Gasteiger charge is -2.40. The second kappa shape index (κ2) is 7.37. The van der Waals surface area contributed by atoms with Crippen LogP contribution >= 0.6 is 0 Å². The predicted molar refractivity (Wildman–Crippen MR) is 114 cm³/mol. The van der Waals surface area contributed by atoms with E-state index in [1.54, 1.807) is 11.7 Å². The number of aromatic nitrogens is 2. The minimum Gasteiger partial charge on any atom is -0.391 e. The van der Waals surface area contributed by atoms with E-state index in [2.05, 4.69) is 35.6 Å². The summed E-state index contributed by atoms with van der Waals surface area (Å²) >= 11 is 0. The van der Waals surface area contributed by atoms with E-state index < -0.39 is 12.1 Å². The maximum Gasteiger partial charge on any atom is 0.320 e. The van der Waals surface area contributed by atoms with Crippen LogP contribution in [0.5, 0.6) is 0 Å². The van der Waals surface area contributed by atoms with E-state index in [1.165, 1.54) is 0 Å². The molecule has 1 aliphatic rings. The minimum absolute atomic E-state index is 0.142. The first kappa shape index (κ1) is 19.2. The van der Waals surface area contributed by atoms with Gasteiger partial charge in [-0.05, 0) is 23.0 Å². The average Bonchev–Trinajstić information content (AvgIpc) is 3.06. The average molecular weight is 390 g/mol. The van der Waals surface area contributed by atoms with Crippen LogP contribution in [0, 0.1) is 0 Å². The molecule has 2 aromatic carbocycles. The highest BCUT2D eigenvalue weighted by atomic mass is 16.3. The lowest BCUT2D eigenvalue weighted by Crippen LogP contribution is -2.45. The number of nitrogens with zero attached hydrogens (tertiary/aromatic N) is 2. The summed E-state index contributed by atoms with van der Waals surface area (Å²) in [7, 11) is 1.79. The van der Waals surface area contributed by atoms with Crippen LogP contribution in [0.25, 0.3) is 11.3 Å². The number of hydrogen-bond donors (Lipinski definition) is 3. The lowest BCUT2D eigenvalue weighted by atomic mass is 9.70. The molecule has 1 heterocycles. The third kappa shape index (κ3) is 3.76. The Morgan fingerprint density at radius 2 is 1.83 bits per heavy atom. The zero-order chi connectivity index (χ0) is 20.6. The predicted octanol–water partition coefficient (Wildman–Crippen LogP) is 3.99. The van der Waals surface area contributed by atoms with Crippen LogP contribution in [0.1, 0.15) is 37.4 Å². The summed E-state index contributed by atoms with van der Waals surface area (Å²) in [5.74, 6) is 0.584. The largest absolute Gasteiger partial charge is 0.391 e. The Labute approximate surface area is 170 Å². The third-order valence-electron chi connectivity index (χ3n) is 5.61. The first-order chi connectivity index (χ1) is 13.8. The van der Waals surface area contributed by atoms with Crippen LogP contribution < -0.4 is 10.6 Å². The van der Waals surface area contributed by atoms with Crippen LogP contribution in [0.2, 0.25) is 0 Å². The molecule has 2 amide bonds. The number of benzene rings is 2. The fourth-order valence-corrected chi connectivity index (χ4v) is 4.14. The molecule has 2 atom stereocenters. The van der Waals surface area contributed by atoms with Crippen LogP contribution in [0.3, 0.4) is 0 Å². The molecule has 3 N–H and O–H groups in total. The highest BCUT2D eigenvalue weighted by molar-refractivity contribution is 5.89. The molecule has 4 rings (SSSR count). The van der Waals surface area contributed by atoms with E-state index in [1.807, 2.05) is 54.6 Å². The van der Waals surface area contributed by atoms with E-state index in [-0.39, 0.29) is 11.4 Å². The van der Waals surface area contributed by atoms with Gasteiger partial charge >= 0.3 is 6.03 Å². The molecule has 150 valence electrons. The first-order valence-electron chi connectivity index (χ1n) is 9.79. The Bertz CT molecular complexity index is 1030. The number of carbonyl (C=O) groups is 1. The molecule has 29 heavy (non-hydrogen) atoms. The summed E-state index contributed by atoms with van der Waals surface area (Å²) in [6, 6.07) is 18.8. The molecule has 0 unspecified atom stereocenters. The van der Waals surface area contributed by atoms with E-state index in [0.717, 1.165) is 22.4 Å². The summed E-state index contributed by atoms with van der Waals surface area (Å²) < 4.78 is 1.64. The van der Waals surface area contributed by atoms with Crippen molar-refractivity contribution in [2.24, 2.45) is 7.05 Å². The normalized spacial score (nSPS) is 20.0. The molecule has 0 saturated carbocycles. The molecule has 3 aromatic rings. The second-order valence-corrected chi connectivity index (χ2v) is 8.22. The van der Waals surface area contributed by atoms with E-state index in [4.69, 9.17) is 0 Å². The fraction of sp³-hybridized carbons (Fsp3) is 0.304. The number of urea groups is 1. The van der Waals surface area contributed by atoms with Crippen molar-refractivity contribution in [1.82, 2.24) is 15.1 Å². The van der Waals surface area contributed by atoms with Gasteiger partial charge in [0.25, 0.3) is 0 Å². The van der Waals surface area contributed by atoms with Crippen molar-refractivity contribution in [3.05, 3.63) is 71.8 Å². The van der Waals surface area contributed by atoms with Crippen molar-refractivity contribution < 1.29 is 9.90 Å². The van der Waals surface area contributed by atoms with Gasteiger partial charge in [-0.3, -0.25) is 10.00 Å². The molecule has 0 spiro atoms. The summed E-state index contributed by atoms with van der Waals surface area (Å²) in [6.07, 6.45) is -0.0733. The Hall–Kier alpha value is -3.12. The van der Waals surface area contributed by atoms with E-state index in [0.29, 0.717) is 12.2 Å². The number of aliphatic hydroxyl groups excluding tert-OH is 1. The molecule has 1 aromatic heterocycles. The van der Waals surface area contributed by atoms with Gasteiger partial charge in [0.1, 0.15) is 5.82 Å². The Morgan fingerprint density at radius 1 is 1.14 bits per heavy atom. The molecule has 6 heteroatoms. The standard InChI is InChI=1S/C23H26N4O2/c1-23(2)14-19(28)21(16-11-7-8-12-17(16)23)25-22(29)24-20-13-18(26-27(20)3)15-9-5-4-6-10-15/h4-13,19,21,28H,14H2,1-3H3,(H2,24,25,29)/t19-,21-/m1/s1. The van der Waals surface area contributed by atoms with Crippen LogP contribution in [0.4, 0.5) is 10.6 Å². The number of aliphatic hydroxyl groups is 1. The number of anilines is 1. The van der Waals surface area contributed by atoms with Gasteiger partial charge in [-0.2, -0.15) is 5.10 Å². The van der Waals surface area contributed by atoms with Crippen molar-refractivity contribution in [3.8, 4) is 11.3 Å². The quantitative estimate of drug-likeness (QED) is 0.633. The molecule has 0 saturated heterocycles. The lowest BCUT2D eigenvalue weighted by molar-refractivity contribution is 0.0883. The van der Waals surface area contributed by atoms with Crippen molar-refractivity contribution in [2.45, 2.75) is 37.8 Å². The maximum atomic E-state index is 12.7. The molecule has 0 radical (unpaired) electrons. The Balaban J connectivity index is 1.53. The SMILES string of the molecule is Cn1nc(-c2ccccc2)cc1NC(=O)N[C@@H]1c2ccccc2C(C)(C)C[C@H]1O. The molecule has 0 fully saturated rings. The Morgan fingerprint density at radius 3 is 2.59 bits per heavy atom. The van der Waals surface area contributed by atoms with Crippen molar-refractivity contribution >= 4 is 11.8 Å². The molecular weight excluding hydrogens is 364 g/mol. The first-order valence-corrected chi connectivity index (χ1v) is 9.79. The second-order valence-electron chi connectivity index (χ2n) is 8.22. The number of hydrogen-bond acceptors (Lipinski definition) is 3. The van der Waals surface area contributed by atoms with Crippen molar-refractivity contribution in [2.75, 3.05) is 5.32 Å². The summed E-state index contributed by atoms with van der Waals surface area (Å²) in [6.45, 7) is 4.23. The van der Waals surface area contributed by atoms with Crippen molar-refractivity contribution in [1.29, 1.82) is 0 Å². The smallest absolute Gasteiger partial charge is 0.320 e. The van der Waals surface area contributed by atoms with Gasteiger partial charge in [-0.25, -0.2) is 4.79 Å². The number of rotatable bonds is 3. The van der Waals surface area contributed by atoms with Crippen LogP contribution in [-0.4, -0.2) is 27.0 Å². The third-order valence-corrected chi connectivity index (χ3v) is 5.61. The zero-order valence-corrected chi connectivity index (χ0v) is 16.9. The number of amides is 2. The van der Waals surface area contributed by atoms with Gasteiger partial charge in [0.2, 0.25) is 0 Å². The van der Waals surface area contributed by atoms with Crippen LogP contribution in [0.15, 0.2) is 60.7 Å². The van der Waals surface area contributed by atoms with Gasteiger partial charge in [0.05, 0.1) is 17.8 Å². The molecule has 1 aliphatic carbocycles. The van der Waals surface area contributed by atoms with Gasteiger partial charge < -0.3 is 10.4 Å². The van der Waals surface area contributed by atoms with E-state index >= 15 is 0 Å². The zero-order valence-electron chi connectivity index (χ0n) is 16.9. The fourth-order valence-electron chi connectivity index (χ4n) is 4.14. The summed E-state index contributed by atoms with van der Waals surface area (Å²) in [4.78, 5) is 12.7. The molecule has 6 nitrogen and oxygen atoms in total. The monoisotopic (exact) mass is 390 g/mol. The van der Waals surface area contributed by atoms with Crippen LogP contribution in [-0.2, 0) is 12.5 Å². The number of fused-ring (bicyclic) bond motifs is 1.